The van der Waals surface area contributed by atoms with Crippen LogP contribution in [-0.2, 0) is 16.6 Å². The molecule has 1 aromatic carbocycles. The summed E-state index contributed by atoms with van der Waals surface area (Å²) in [6.45, 7) is 0.601. The molecule has 1 N–H and O–H groups in total. The quantitative estimate of drug-likeness (QED) is 0.798. The van der Waals surface area contributed by atoms with Crippen LogP contribution in [-0.4, -0.2) is 29.8 Å². The Morgan fingerprint density at radius 2 is 2.15 bits per heavy atom. The summed E-state index contributed by atoms with van der Waals surface area (Å²) < 4.78 is 27.9. The van der Waals surface area contributed by atoms with Crippen LogP contribution in [0.2, 0.25) is 0 Å². The summed E-state index contributed by atoms with van der Waals surface area (Å²) in [5, 5.41) is 4.12. The Balaban J connectivity index is 2.06. The third-order valence-electron chi connectivity index (χ3n) is 2.65. The molecule has 0 fully saturated rings. The van der Waals surface area contributed by atoms with Crippen LogP contribution >= 0.6 is 11.6 Å². The van der Waals surface area contributed by atoms with Crippen molar-refractivity contribution < 1.29 is 8.42 Å². The maximum Gasteiger partial charge on any atom is 0.232 e. The molecule has 0 saturated carbocycles. The van der Waals surface area contributed by atoms with Crippen LogP contribution in [0, 0.1) is 0 Å². The van der Waals surface area contributed by atoms with Crippen LogP contribution in [0.4, 0.5) is 5.69 Å². The van der Waals surface area contributed by atoms with E-state index >= 15 is 0 Å². The van der Waals surface area contributed by atoms with Gasteiger partial charge in [-0.1, -0.05) is 12.1 Å². The molecule has 0 radical (unpaired) electrons. The summed E-state index contributed by atoms with van der Waals surface area (Å²) in [4.78, 5) is 0. The third kappa shape index (κ3) is 4.54. The molecule has 1 heterocycles. The average Bonchev–Trinajstić information content (AvgIpc) is 2.89. The van der Waals surface area contributed by atoms with Crippen molar-refractivity contribution in [2.45, 2.75) is 13.0 Å². The fourth-order valence-electron chi connectivity index (χ4n) is 1.79. The Morgan fingerprint density at radius 3 is 2.85 bits per heavy atom. The van der Waals surface area contributed by atoms with Gasteiger partial charge in [-0.3, -0.25) is 9.40 Å². The van der Waals surface area contributed by atoms with Crippen molar-refractivity contribution in [2.24, 2.45) is 0 Å². The van der Waals surface area contributed by atoms with Gasteiger partial charge in [0.05, 0.1) is 12.3 Å². The predicted octanol–water partition coefficient (Wildman–Crippen LogP) is 2.30. The van der Waals surface area contributed by atoms with Crippen LogP contribution < -0.4 is 4.72 Å². The summed E-state index contributed by atoms with van der Waals surface area (Å²) in [6.07, 6.45) is 4.00. The zero-order chi connectivity index (χ0) is 14.4. The highest BCUT2D eigenvalue weighted by atomic mass is 35.5. The number of rotatable bonds is 7. The number of halogens is 1. The van der Waals surface area contributed by atoms with Gasteiger partial charge in [0, 0.05) is 24.0 Å². The summed E-state index contributed by atoms with van der Waals surface area (Å²) in [5.41, 5.74) is 1.54. The van der Waals surface area contributed by atoms with E-state index in [1.165, 1.54) is 0 Å². The lowest BCUT2D eigenvalue weighted by Gasteiger charge is -2.09. The molecule has 0 saturated heterocycles. The molecule has 0 spiro atoms. The number of aromatic nitrogens is 2. The predicted molar refractivity (Wildman–Crippen MR) is 80.5 cm³/mol. The summed E-state index contributed by atoms with van der Waals surface area (Å²) in [6, 6.07) is 9.12. The van der Waals surface area contributed by atoms with Gasteiger partial charge in [-0.05, 0) is 30.2 Å². The molecule has 0 atom stereocenters. The molecular formula is C13H16ClN3O2S. The van der Waals surface area contributed by atoms with Crippen LogP contribution in [0.5, 0.6) is 0 Å². The fraction of sp³-hybridized carbons (Fsp3) is 0.308. The van der Waals surface area contributed by atoms with Crippen molar-refractivity contribution in [3.05, 3.63) is 48.3 Å². The van der Waals surface area contributed by atoms with Gasteiger partial charge in [0.15, 0.2) is 0 Å². The second-order valence-corrected chi connectivity index (χ2v) is 6.59. The van der Waals surface area contributed by atoms with Gasteiger partial charge >= 0.3 is 0 Å². The minimum Gasteiger partial charge on any atom is -0.284 e. The van der Waals surface area contributed by atoms with E-state index in [9.17, 15) is 8.42 Å². The van der Waals surface area contributed by atoms with Gasteiger partial charge in [0.1, 0.15) is 0 Å². The van der Waals surface area contributed by atoms with Gasteiger partial charge < -0.3 is 0 Å². The lowest BCUT2D eigenvalue weighted by atomic mass is 10.2. The number of nitrogens with one attached hydrogen (secondary N) is 1. The van der Waals surface area contributed by atoms with Gasteiger partial charge in [0.25, 0.3) is 0 Å². The average molecular weight is 314 g/mol. The molecule has 0 unspecified atom stereocenters. The van der Waals surface area contributed by atoms with Gasteiger partial charge in [0.2, 0.25) is 10.0 Å². The molecule has 20 heavy (non-hydrogen) atoms. The second-order valence-electron chi connectivity index (χ2n) is 4.37. The number of hydrogen-bond donors (Lipinski definition) is 1. The number of sulfonamides is 1. The third-order valence-corrected chi connectivity index (χ3v) is 4.29. The lowest BCUT2D eigenvalue weighted by Crippen LogP contribution is -2.17. The SMILES string of the molecule is O=S(=O)(CCCCl)Nc1cccc(Cn2cccn2)c1. The van der Waals surface area contributed by atoms with Crippen LogP contribution in [0.1, 0.15) is 12.0 Å². The molecular weight excluding hydrogens is 298 g/mol. The molecule has 0 bridgehead atoms. The van der Waals surface area contributed by atoms with Crippen molar-refractivity contribution in [3.8, 4) is 0 Å². The molecule has 0 aliphatic carbocycles. The summed E-state index contributed by atoms with van der Waals surface area (Å²) >= 11 is 5.51. The normalized spacial score (nSPS) is 11.4. The van der Waals surface area contributed by atoms with E-state index in [1.54, 1.807) is 23.0 Å². The van der Waals surface area contributed by atoms with E-state index in [-0.39, 0.29) is 5.75 Å². The van der Waals surface area contributed by atoms with Crippen LogP contribution in [0.3, 0.4) is 0 Å². The molecule has 7 heteroatoms. The van der Waals surface area contributed by atoms with Gasteiger partial charge in [-0.2, -0.15) is 5.10 Å². The van der Waals surface area contributed by atoms with E-state index in [1.807, 2.05) is 24.4 Å². The van der Waals surface area contributed by atoms with Crippen molar-refractivity contribution in [1.82, 2.24) is 9.78 Å². The lowest BCUT2D eigenvalue weighted by molar-refractivity contribution is 0.600. The molecule has 108 valence electrons. The fourth-order valence-corrected chi connectivity index (χ4v) is 3.19. The van der Waals surface area contributed by atoms with Crippen molar-refractivity contribution >= 4 is 27.3 Å². The number of benzene rings is 1. The number of hydrogen-bond acceptors (Lipinski definition) is 3. The zero-order valence-electron chi connectivity index (χ0n) is 10.9. The largest absolute Gasteiger partial charge is 0.284 e. The topological polar surface area (TPSA) is 64.0 Å². The highest BCUT2D eigenvalue weighted by Crippen LogP contribution is 2.14. The van der Waals surface area contributed by atoms with Crippen molar-refractivity contribution in [2.75, 3.05) is 16.4 Å². The van der Waals surface area contributed by atoms with E-state index in [2.05, 4.69) is 9.82 Å². The van der Waals surface area contributed by atoms with Crippen LogP contribution in [0.25, 0.3) is 0 Å². The van der Waals surface area contributed by atoms with E-state index in [0.29, 0.717) is 24.5 Å². The van der Waals surface area contributed by atoms with E-state index in [4.69, 9.17) is 11.6 Å². The maximum atomic E-state index is 11.8. The molecule has 0 aliphatic heterocycles. The maximum absolute atomic E-state index is 11.8. The first-order valence-corrected chi connectivity index (χ1v) is 8.40. The first-order chi connectivity index (χ1) is 9.59. The highest BCUT2D eigenvalue weighted by molar-refractivity contribution is 7.92. The zero-order valence-corrected chi connectivity index (χ0v) is 12.4. The minimum absolute atomic E-state index is 0.0277. The molecule has 1 aromatic heterocycles. The van der Waals surface area contributed by atoms with E-state index < -0.39 is 10.0 Å². The van der Waals surface area contributed by atoms with Gasteiger partial charge in [-0.25, -0.2) is 8.42 Å². The monoisotopic (exact) mass is 313 g/mol. The first-order valence-electron chi connectivity index (χ1n) is 6.22. The molecule has 5 nitrogen and oxygen atoms in total. The Morgan fingerprint density at radius 1 is 1.30 bits per heavy atom. The molecule has 0 aliphatic rings. The van der Waals surface area contributed by atoms with Gasteiger partial charge in [-0.15, -0.1) is 11.6 Å². The molecule has 2 aromatic rings. The van der Waals surface area contributed by atoms with Crippen molar-refractivity contribution in [1.29, 1.82) is 0 Å². The molecule has 2 rings (SSSR count). The number of anilines is 1. The smallest absolute Gasteiger partial charge is 0.232 e. The number of alkyl halides is 1. The summed E-state index contributed by atoms with van der Waals surface area (Å²) in [7, 11) is -3.33. The Bertz CT molecular complexity index is 641. The standard InChI is InChI=1S/C13H16ClN3O2S/c14-6-2-9-20(18,19)16-13-5-1-4-12(10-13)11-17-8-3-7-15-17/h1,3-5,7-8,10,16H,2,6,9,11H2. The number of nitrogens with zero attached hydrogens (tertiary/aromatic N) is 2. The Kier molecular flexibility index (Phi) is 5.03. The summed E-state index contributed by atoms with van der Waals surface area (Å²) in [5.74, 6) is 0.361. The minimum atomic E-state index is -3.33. The second kappa shape index (κ2) is 6.76. The first kappa shape index (κ1) is 14.9. The Labute approximate surface area is 123 Å². The van der Waals surface area contributed by atoms with Crippen LogP contribution in [0.15, 0.2) is 42.7 Å². The molecule has 0 amide bonds. The highest BCUT2D eigenvalue weighted by Gasteiger charge is 2.10. The van der Waals surface area contributed by atoms with Crippen molar-refractivity contribution in [3.63, 3.8) is 0 Å². The Hall–Kier alpha value is -1.53. The van der Waals surface area contributed by atoms with E-state index in [0.717, 1.165) is 5.56 Å².